The van der Waals surface area contributed by atoms with Crippen LogP contribution >= 0.6 is 11.3 Å². The maximum absolute atomic E-state index is 14.4. The van der Waals surface area contributed by atoms with Gasteiger partial charge in [0.05, 0.1) is 23.8 Å². The molecule has 0 bridgehead atoms. The summed E-state index contributed by atoms with van der Waals surface area (Å²) in [4.78, 5) is 15.8. The topological polar surface area (TPSA) is 54.7 Å². The van der Waals surface area contributed by atoms with Crippen molar-refractivity contribution in [1.82, 2.24) is 10.2 Å². The highest BCUT2D eigenvalue weighted by Gasteiger charge is 2.27. The van der Waals surface area contributed by atoms with Gasteiger partial charge in [-0.3, -0.25) is 9.69 Å². The van der Waals surface area contributed by atoms with E-state index in [4.69, 9.17) is 9.15 Å². The van der Waals surface area contributed by atoms with Crippen molar-refractivity contribution in [2.45, 2.75) is 25.5 Å². The fourth-order valence-electron chi connectivity index (χ4n) is 3.85. The average molecular weight is 402 g/mol. The first kappa shape index (κ1) is 19.1. The molecule has 5 nitrogen and oxygen atoms in total. The van der Waals surface area contributed by atoms with Crippen molar-refractivity contribution >= 4 is 27.3 Å². The largest absolute Gasteiger partial charge is 0.468 e. The van der Waals surface area contributed by atoms with E-state index in [0.717, 1.165) is 36.4 Å². The number of carbonyl (C=O) groups is 1. The van der Waals surface area contributed by atoms with E-state index in [9.17, 15) is 9.18 Å². The van der Waals surface area contributed by atoms with E-state index in [2.05, 4.69) is 10.2 Å². The van der Waals surface area contributed by atoms with Crippen LogP contribution in [0.3, 0.4) is 0 Å². The molecule has 4 rings (SSSR count). The van der Waals surface area contributed by atoms with Crippen LogP contribution in [-0.4, -0.2) is 37.6 Å². The Labute approximate surface area is 167 Å². The molecule has 7 heteroatoms. The fraction of sp³-hybridized carbons (Fsp3) is 0.381. The van der Waals surface area contributed by atoms with Crippen LogP contribution in [0, 0.1) is 5.82 Å². The van der Waals surface area contributed by atoms with Gasteiger partial charge in [-0.25, -0.2) is 4.39 Å². The molecule has 0 radical (unpaired) electrons. The minimum Gasteiger partial charge on any atom is -0.468 e. The molecule has 1 aliphatic heterocycles. The molecule has 148 valence electrons. The highest BCUT2D eigenvalue weighted by molar-refractivity contribution is 7.21. The minimum atomic E-state index is -0.328. The predicted octanol–water partition coefficient (Wildman–Crippen LogP) is 4.35. The summed E-state index contributed by atoms with van der Waals surface area (Å²) in [6.45, 7) is 2.61. The van der Waals surface area contributed by atoms with Crippen molar-refractivity contribution in [2.75, 3.05) is 26.7 Å². The first-order valence-electron chi connectivity index (χ1n) is 9.43. The van der Waals surface area contributed by atoms with Crippen LogP contribution in [-0.2, 0) is 11.3 Å². The van der Waals surface area contributed by atoms with E-state index < -0.39 is 0 Å². The quantitative estimate of drug-likeness (QED) is 0.639. The van der Waals surface area contributed by atoms with Crippen molar-refractivity contribution in [3.63, 3.8) is 0 Å². The van der Waals surface area contributed by atoms with Gasteiger partial charge in [-0.05, 0) is 50.2 Å². The Morgan fingerprint density at radius 2 is 2.14 bits per heavy atom. The third-order valence-electron chi connectivity index (χ3n) is 5.17. The van der Waals surface area contributed by atoms with Gasteiger partial charge in [0.15, 0.2) is 0 Å². The second-order valence-electron chi connectivity index (χ2n) is 6.94. The highest BCUT2D eigenvalue weighted by atomic mass is 32.1. The number of nitrogens with one attached hydrogen (secondary N) is 1. The molecule has 3 heterocycles. The number of nitrogens with zero attached hydrogens (tertiary/aromatic N) is 1. The van der Waals surface area contributed by atoms with Gasteiger partial charge in [0.2, 0.25) is 0 Å². The number of halogens is 1. The minimum absolute atomic E-state index is 0.00144. The first-order valence-corrected chi connectivity index (χ1v) is 10.2. The zero-order chi connectivity index (χ0) is 19.5. The lowest BCUT2D eigenvalue weighted by Crippen LogP contribution is -2.36. The van der Waals surface area contributed by atoms with Gasteiger partial charge in [0.1, 0.15) is 11.6 Å². The smallest absolute Gasteiger partial charge is 0.261 e. The Bertz CT molecular complexity index is 948. The third-order valence-corrected chi connectivity index (χ3v) is 6.36. The lowest BCUT2D eigenvalue weighted by Gasteiger charge is -2.26. The SMILES string of the molecule is COCc1c(C(=O)NC[C@@H](c2ccco2)N2CCCC2)sc2cccc(F)c12. The summed E-state index contributed by atoms with van der Waals surface area (Å²) in [6, 6.07) is 8.71. The summed E-state index contributed by atoms with van der Waals surface area (Å²) in [5.41, 5.74) is 0.605. The van der Waals surface area contributed by atoms with Gasteiger partial charge in [0.25, 0.3) is 5.91 Å². The van der Waals surface area contributed by atoms with Gasteiger partial charge >= 0.3 is 0 Å². The Morgan fingerprint density at radius 1 is 1.32 bits per heavy atom. The van der Waals surface area contributed by atoms with Crippen molar-refractivity contribution in [1.29, 1.82) is 0 Å². The molecule has 1 aromatic carbocycles. The highest BCUT2D eigenvalue weighted by Crippen LogP contribution is 2.34. The number of amides is 1. The first-order chi connectivity index (χ1) is 13.7. The number of rotatable bonds is 7. The second-order valence-corrected chi connectivity index (χ2v) is 7.99. The number of hydrogen-bond acceptors (Lipinski definition) is 5. The summed E-state index contributed by atoms with van der Waals surface area (Å²) in [7, 11) is 1.55. The normalized spacial score (nSPS) is 15.9. The molecule has 0 spiro atoms. The number of methoxy groups -OCH3 is 1. The molecule has 1 N–H and O–H groups in total. The molecule has 1 fully saturated rings. The molecule has 0 aliphatic carbocycles. The summed E-state index contributed by atoms with van der Waals surface area (Å²) < 4.78 is 26.0. The number of hydrogen-bond donors (Lipinski definition) is 1. The Morgan fingerprint density at radius 3 is 2.86 bits per heavy atom. The van der Waals surface area contributed by atoms with Gasteiger partial charge in [-0.2, -0.15) is 0 Å². The Kier molecular flexibility index (Phi) is 5.75. The van der Waals surface area contributed by atoms with E-state index in [1.165, 1.54) is 17.4 Å². The lowest BCUT2D eigenvalue weighted by atomic mass is 10.1. The summed E-state index contributed by atoms with van der Waals surface area (Å²) >= 11 is 1.30. The van der Waals surface area contributed by atoms with Crippen molar-refractivity contribution in [3.05, 3.63) is 58.6 Å². The maximum atomic E-state index is 14.4. The van der Waals surface area contributed by atoms with Crippen LogP contribution < -0.4 is 5.32 Å². The van der Waals surface area contributed by atoms with E-state index in [-0.39, 0.29) is 24.4 Å². The molecule has 1 amide bonds. The Balaban J connectivity index is 1.57. The maximum Gasteiger partial charge on any atom is 0.261 e. The van der Waals surface area contributed by atoms with Crippen molar-refractivity contribution in [2.24, 2.45) is 0 Å². The van der Waals surface area contributed by atoms with Crippen molar-refractivity contribution in [3.8, 4) is 0 Å². The number of furan rings is 1. The third kappa shape index (κ3) is 3.70. The summed E-state index contributed by atoms with van der Waals surface area (Å²) in [5.74, 6) is 0.315. The molecule has 0 saturated carbocycles. The Hall–Kier alpha value is -2.22. The van der Waals surface area contributed by atoms with Crippen molar-refractivity contribution < 1.29 is 18.3 Å². The average Bonchev–Trinajstić information content (AvgIpc) is 3.44. The molecule has 1 saturated heterocycles. The molecule has 0 unspecified atom stereocenters. The summed E-state index contributed by atoms with van der Waals surface area (Å²) in [6.07, 6.45) is 3.96. The number of benzene rings is 1. The van der Waals surface area contributed by atoms with Gasteiger partial charge in [-0.1, -0.05) is 6.07 Å². The van der Waals surface area contributed by atoms with E-state index in [1.807, 2.05) is 18.2 Å². The molecule has 1 atom stereocenters. The lowest BCUT2D eigenvalue weighted by molar-refractivity contribution is 0.0933. The standard InChI is InChI=1S/C21H23FN2O3S/c1-26-13-14-19-15(22)6-4-8-18(19)28-20(14)21(25)23-12-16(17-7-5-11-27-17)24-9-2-3-10-24/h4-8,11,16H,2-3,9-10,12-13H2,1H3,(H,23,25)/t16-/m0/s1. The molecular formula is C21H23FN2O3S. The molecule has 3 aromatic rings. The molecular weight excluding hydrogens is 379 g/mol. The van der Waals surface area contributed by atoms with Crippen LogP contribution in [0.25, 0.3) is 10.1 Å². The zero-order valence-corrected chi connectivity index (χ0v) is 16.6. The van der Waals surface area contributed by atoms with Crippen LogP contribution in [0.1, 0.15) is 39.9 Å². The number of fused-ring (bicyclic) bond motifs is 1. The van der Waals surface area contributed by atoms with Gasteiger partial charge < -0.3 is 14.5 Å². The van der Waals surface area contributed by atoms with Crippen LogP contribution in [0.5, 0.6) is 0 Å². The van der Waals surface area contributed by atoms with Crippen LogP contribution in [0.4, 0.5) is 4.39 Å². The predicted molar refractivity (Wildman–Crippen MR) is 107 cm³/mol. The van der Waals surface area contributed by atoms with Crippen LogP contribution in [0.15, 0.2) is 41.0 Å². The number of carbonyl (C=O) groups excluding carboxylic acids is 1. The fourth-order valence-corrected chi connectivity index (χ4v) is 4.98. The van der Waals surface area contributed by atoms with Crippen LogP contribution in [0.2, 0.25) is 0 Å². The monoisotopic (exact) mass is 402 g/mol. The number of ether oxygens (including phenoxy) is 1. The molecule has 28 heavy (non-hydrogen) atoms. The number of likely N-dealkylation sites (tertiary alicyclic amines) is 1. The van der Waals surface area contributed by atoms with E-state index >= 15 is 0 Å². The molecule has 2 aromatic heterocycles. The van der Waals surface area contributed by atoms with E-state index in [0.29, 0.717) is 22.4 Å². The second kappa shape index (κ2) is 8.43. The van der Waals surface area contributed by atoms with Gasteiger partial charge in [-0.15, -0.1) is 11.3 Å². The number of thiophene rings is 1. The zero-order valence-electron chi connectivity index (χ0n) is 15.7. The summed E-state index contributed by atoms with van der Waals surface area (Å²) in [5, 5.41) is 3.51. The van der Waals surface area contributed by atoms with Gasteiger partial charge in [0, 0.05) is 29.3 Å². The molecule has 1 aliphatic rings. The van der Waals surface area contributed by atoms with E-state index in [1.54, 1.807) is 19.4 Å².